The molecule has 2 unspecified atom stereocenters. The van der Waals surface area contributed by atoms with Crippen LogP contribution in [0.1, 0.15) is 45.1 Å². The molecule has 1 heterocycles. The van der Waals surface area contributed by atoms with Crippen molar-refractivity contribution >= 4 is 22.6 Å². The Morgan fingerprint density at radius 1 is 1.25 bits per heavy atom. The number of benzene rings is 1. The minimum Gasteiger partial charge on any atom is -0.328 e. The van der Waals surface area contributed by atoms with Crippen molar-refractivity contribution in [3.8, 4) is 11.4 Å². The molecule has 1 fully saturated rings. The maximum Gasteiger partial charge on any atom is 0.140 e. The van der Waals surface area contributed by atoms with E-state index in [0.29, 0.717) is 6.04 Å². The molecule has 2 aromatic rings. The molecule has 3 heteroatoms. The molecule has 1 saturated carbocycles. The van der Waals surface area contributed by atoms with E-state index in [4.69, 9.17) is 0 Å². The normalized spacial score (nSPS) is 22.9. The average Bonchev–Trinajstić information content (AvgIpc) is 2.97. The Morgan fingerprint density at radius 3 is 2.80 bits per heavy atom. The van der Waals surface area contributed by atoms with E-state index in [0.717, 1.165) is 11.7 Å². The Hall–Kier alpha value is -0.840. The summed E-state index contributed by atoms with van der Waals surface area (Å²) in [4.78, 5) is 4.60. The number of hydrogen-bond donors (Lipinski definition) is 0. The zero-order valence-electron chi connectivity index (χ0n) is 11.9. The van der Waals surface area contributed by atoms with E-state index in [1.807, 2.05) is 6.20 Å². The van der Waals surface area contributed by atoms with Crippen LogP contribution < -0.4 is 0 Å². The predicted octanol–water partition coefficient (Wildman–Crippen LogP) is 5.30. The number of imidazole rings is 1. The summed E-state index contributed by atoms with van der Waals surface area (Å²) in [7, 11) is 0. The first kappa shape index (κ1) is 14.1. The zero-order valence-corrected chi connectivity index (χ0v) is 14.1. The van der Waals surface area contributed by atoms with Gasteiger partial charge in [0.25, 0.3) is 0 Å². The molecular formula is C17H21IN2. The van der Waals surface area contributed by atoms with Crippen LogP contribution in [0.2, 0.25) is 0 Å². The first-order valence-corrected chi connectivity index (χ1v) is 8.64. The van der Waals surface area contributed by atoms with Crippen molar-refractivity contribution in [3.63, 3.8) is 0 Å². The number of nitrogens with zero attached hydrogens (tertiary/aromatic N) is 2. The Morgan fingerprint density at radius 2 is 2.05 bits per heavy atom. The summed E-state index contributed by atoms with van der Waals surface area (Å²) in [5.41, 5.74) is 1.23. The third-order valence-corrected chi connectivity index (χ3v) is 5.22. The fraction of sp³-hybridized carbons (Fsp3) is 0.471. The molecule has 0 amide bonds. The van der Waals surface area contributed by atoms with Crippen molar-refractivity contribution in [2.75, 3.05) is 0 Å². The molecule has 0 bridgehead atoms. The number of hydrogen-bond acceptors (Lipinski definition) is 1. The molecule has 0 radical (unpaired) electrons. The standard InChI is InChI=1S/C17H21IN2/c1-2-13-4-3-5-16(12-13)20-11-10-19-17(20)14-6-8-15(18)9-7-14/h6-11,13,16H,2-5,12H2,1H3. The van der Waals surface area contributed by atoms with E-state index in [1.54, 1.807) is 0 Å². The van der Waals surface area contributed by atoms with Gasteiger partial charge in [-0.25, -0.2) is 4.98 Å². The second-order valence-corrected chi connectivity index (χ2v) is 7.01. The van der Waals surface area contributed by atoms with E-state index < -0.39 is 0 Å². The van der Waals surface area contributed by atoms with Gasteiger partial charge in [0.1, 0.15) is 5.82 Å². The second kappa shape index (κ2) is 6.29. The fourth-order valence-corrected chi connectivity index (χ4v) is 3.68. The molecule has 1 aliphatic rings. The SMILES string of the molecule is CCC1CCCC(n2ccnc2-c2ccc(I)cc2)C1. The Balaban J connectivity index is 1.88. The van der Waals surface area contributed by atoms with E-state index >= 15 is 0 Å². The average molecular weight is 380 g/mol. The zero-order chi connectivity index (χ0) is 13.9. The monoisotopic (exact) mass is 380 g/mol. The molecule has 20 heavy (non-hydrogen) atoms. The summed E-state index contributed by atoms with van der Waals surface area (Å²) in [6.45, 7) is 2.32. The van der Waals surface area contributed by atoms with E-state index in [-0.39, 0.29) is 0 Å². The van der Waals surface area contributed by atoms with E-state index in [9.17, 15) is 0 Å². The molecule has 106 valence electrons. The van der Waals surface area contributed by atoms with Crippen molar-refractivity contribution in [1.82, 2.24) is 9.55 Å². The largest absolute Gasteiger partial charge is 0.328 e. The maximum absolute atomic E-state index is 4.60. The van der Waals surface area contributed by atoms with Crippen molar-refractivity contribution in [3.05, 3.63) is 40.2 Å². The van der Waals surface area contributed by atoms with Gasteiger partial charge in [-0.1, -0.05) is 38.3 Å². The first-order valence-electron chi connectivity index (χ1n) is 7.56. The number of rotatable bonds is 3. The second-order valence-electron chi connectivity index (χ2n) is 5.76. The third kappa shape index (κ3) is 2.92. The highest BCUT2D eigenvalue weighted by molar-refractivity contribution is 14.1. The van der Waals surface area contributed by atoms with Gasteiger partial charge in [-0.2, -0.15) is 0 Å². The Labute approximate surface area is 134 Å². The number of halogens is 1. The minimum atomic E-state index is 0.630. The van der Waals surface area contributed by atoms with Crippen LogP contribution in [0, 0.1) is 9.49 Å². The highest BCUT2D eigenvalue weighted by Gasteiger charge is 2.23. The Kier molecular flexibility index (Phi) is 4.44. The highest BCUT2D eigenvalue weighted by Crippen LogP contribution is 2.36. The lowest BCUT2D eigenvalue weighted by Crippen LogP contribution is -2.19. The molecule has 0 aliphatic heterocycles. The molecule has 2 nitrogen and oxygen atoms in total. The molecule has 1 aromatic heterocycles. The van der Waals surface area contributed by atoms with Gasteiger partial charge in [-0.05, 0) is 53.5 Å². The van der Waals surface area contributed by atoms with Crippen molar-refractivity contribution in [1.29, 1.82) is 0 Å². The van der Waals surface area contributed by atoms with Gasteiger partial charge < -0.3 is 4.57 Å². The molecule has 3 rings (SSSR count). The van der Waals surface area contributed by atoms with Crippen molar-refractivity contribution < 1.29 is 0 Å². The molecule has 2 atom stereocenters. The number of aromatic nitrogens is 2. The van der Waals surface area contributed by atoms with E-state index in [2.05, 4.69) is 69.5 Å². The van der Waals surface area contributed by atoms with Gasteiger partial charge in [0.05, 0.1) is 0 Å². The summed E-state index contributed by atoms with van der Waals surface area (Å²) in [6.07, 6.45) is 10.8. The van der Waals surface area contributed by atoms with Crippen LogP contribution in [0.15, 0.2) is 36.7 Å². The van der Waals surface area contributed by atoms with E-state index in [1.165, 1.54) is 41.2 Å². The summed E-state index contributed by atoms with van der Waals surface area (Å²) >= 11 is 2.35. The summed E-state index contributed by atoms with van der Waals surface area (Å²) < 4.78 is 3.68. The topological polar surface area (TPSA) is 17.8 Å². The summed E-state index contributed by atoms with van der Waals surface area (Å²) in [5, 5.41) is 0. The summed E-state index contributed by atoms with van der Waals surface area (Å²) in [6, 6.07) is 9.31. The minimum absolute atomic E-state index is 0.630. The summed E-state index contributed by atoms with van der Waals surface area (Å²) in [5.74, 6) is 2.02. The van der Waals surface area contributed by atoms with Gasteiger partial charge in [0, 0.05) is 27.6 Å². The van der Waals surface area contributed by atoms with Crippen LogP contribution >= 0.6 is 22.6 Å². The van der Waals surface area contributed by atoms with Gasteiger partial charge in [0.2, 0.25) is 0 Å². The lowest BCUT2D eigenvalue weighted by Gasteiger charge is -2.30. The van der Waals surface area contributed by atoms with Crippen LogP contribution in [-0.2, 0) is 0 Å². The molecular weight excluding hydrogens is 359 g/mol. The van der Waals surface area contributed by atoms with Crippen LogP contribution in [0.4, 0.5) is 0 Å². The van der Waals surface area contributed by atoms with Crippen LogP contribution in [0.3, 0.4) is 0 Å². The van der Waals surface area contributed by atoms with Crippen LogP contribution in [-0.4, -0.2) is 9.55 Å². The van der Waals surface area contributed by atoms with Gasteiger partial charge in [-0.15, -0.1) is 0 Å². The van der Waals surface area contributed by atoms with Gasteiger partial charge >= 0.3 is 0 Å². The van der Waals surface area contributed by atoms with Crippen molar-refractivity contribution in [2.24, 2.45) is 5.92 Å². The van der Waals surface area contributed by atoms with Crippen LogP contribution in [0.25, 0.3) is 11.4 Å². The lowest BCUT2D eigenvalue weighted by molar-refractivity contribution is 0.263. The molecule has 0 saturated heterocycles. The smallest absolute Gasteiger partial charge is 0.140 e. The quantitative estimate of drug-likeness (QED) is 0.661. The molecule has 0 N–H and O–H groups in total. The maximum atomic E-state index is 4.60. The predicted molar refractivity (Wildman–Crippen MR) is 91.7 cm³/mol. The fourth-order valence-electron chi connectivity index (χ4n) is 3.32. The molecule has 1 aromatic carbocycles. The lowest BCUT2D eigenvalue weighted by atomic mass is 9.84. The van der Waals surface area contributed by atoms with Gasteiger partial charge in [-0.3, -0.25) is 0 Å². The van der Waals surface area contributed by atoms with Crippen molar-refractivity contribution in [2.45, 2.75) is 45.1 Å². The molecule has 0 spiro atoms. The first-order chi connectivity index (χ1) is 9.78. The highest BCUT2D eigenvalue weighted by atomic mass is 127. The third-order valence-electron chi connectivity index (χ3n) is 4.50. The Bertz CT molecular complexity index is 559. The van der Waals surface area contributed by atoms with Gasteiger partial charge in [0.15, 0.2) is 0 Å². The molecule has 1 aliphatic carbocycles. The van der Waals surface area contributed by atoms with Crippen LogP contribution in [0.5, 0.6) is 0 Å².